The number of hydrazone groups is 1. The number of oxazole rings is 1. The SMILES string of the molecule is O=C(CCn1c(=O)oc2ccccc21)NN=C(c1ccccc1)c1ccccc1. The molecule has 0 saturated heterocycles. The number of hydrogen-bond donors (Lipinski definition) is 1. The van der Waals surface area contributed by atoms with Gasteiger partial charge in [0.05, 0.1) is 11.2 Å². The Morgan fingerprint density at radius 3 is 2.10 bits per heavy atom. The standard InChI is InChI=1S/C23H19N3O3/c27-21(15-16-26-19-13-7-8-14-20(19)29-23(26)28)24-25-22(17-9-3-1-4-10-17)18-11-5-2-6-12-18/h1-14H,15-16H2,(H,24,27). The van der Waals surface area contributed by atoms with Gasteiger partial charge in [0.15, 0.2) is 5.58 Å². The molecule has 29 heavy (non-hydrogen) atoms. The van der Waals surface area contributed by atoms with Gasteiger partial charge in [-0.1, -0.05) is 72.8 Å². The van der Waals surface area contributed by atoms with Crippen molar-refractivity contribution >= 4 is 22.7 Å². The van der Waals surface area contributed by atoms with Crippen molar-refractivity contribution < 1.29 is 9.21 Å². The van der Waals surface area contributed by atoms with E-state index in [0.717, 1.165) is 11.1 Å². The number of aryl methyl sites for hydroxylation is 1. The Labute approximate surface area is 167 Å². The summed E-state index contributed by atoms with van der Waals surface area (Å²) >= 11 is 0. The van der Waals surface area contributed by atoms with E-state index in [4.69, 9.17) is 4.42 Å². The second-order valence-electron chi connectivity index (χ2n) is 6.46. The van der Waals surface area contributed by atoms with Gasteiger partial charge in [-0.15, -0.1) is 0 Å². The first-order chi connectivity index (χ1) is 14.2. The molecule has 0 fully saturated rings. The molecule has 4 rings (SSSR count). The first kappa shape index (κ1) is 18.4. The Morgan fingerprint density at radius 2 is 1.45 bits per heavy atom. The van der Waals surface area contributed by atoms with Crippen LogP contribution in [-0.2, 0) is 11.3 Å². The number of fused-ring (bicyclic) bond motifs is 1. The van der Waals surface area contributed by atoms with Crippen molar-refractivity contribution in [1.82, 2.24) is 9.99 Å². The molecule has 1 heterocycles. The number of carbonyl (C=O) groups excluding carboxylic acids is 1. The van der Waals surface area contributed by atoms with E-state index in [9.17, 15) is 9.59 Å². The molecule has 1 amide bonds. The highest BCUT2D eigenvalue weighted by atomic mass is 16.4. The van der Waals surface area contributed by atoms with Crippen LogP contribution < -0.4 is 11.2 Å². The summed E-state index contributed by atoms with van der Waals surface area (Å²) in [5, 5.41) is 4.36. The van der Waals surface area contributed by atoms with E-state index in [-0.39, 0.29) is 18.9 Å². The van der Waals surface area contributed by atoms with Crippen LogP contribution >= 0.6 is 0 Å². The second-order valence-corrected chi connectivity index (χ2v) is 6.46. The van der Waals surface area contributed by atoms with E-state index in [1.54, 1.807) is 18.2 Å². The number of para-hydroxylation sites is 2. The van der Waals surface area contributed by atoms with Gasteiger partial charge in [-0.2, -0.15) is 5.10 Å². The van der Waals surface area contributed by atoms with Gasteiger partial charge in [0.1, 0.15) is 0 Å². The lowest BCUT2D eigenvalue weighted by molar-refractivity contribution is -0.121. The summed E-state index contributed by atoms with van der Waals surface area (Å²) in [4.78, 5) is 24.4. The van der Waals surface area contributed by atoms with Gasteiger partial charge in [0, 0.05) is 24.1 Å². The molecule has 0 bridgehead atoms. The van der Waals surface area contributed by atoms with Gasteiger partial charge in [0.2, 0.25) is 5.91 Å². The molecule has 0 unspecified atom stereocenters. The maximum absolute atomic E-state index is 12.4. The Kier molecular flexibility index (Phi) is 5.33. The molecule has 144 valence electrons. The summed E-state index contributed by atoms with van der Waals surface area (Å²) in [6.07, 6.45) is 0.101. The van der Waals surface area contributed by atoms with Crippen LogP contribution in [0.1, 0.15) is 17.5 Å². The van der Waals surface area contributed by atoms with Crippen molar-refractivity contribution in [1.29, 1.82) is 0 Å². The first-order valence-electron chi connectivity index (χ1n) is 9.28. The fourth-order valence-electron chi connectivity index (χ4n) is 3.10. The molecule has 0 atom stereocenters. The molecule has 3 aromatic carbocycles. The van der Waals surface area contributed by atoms with Gasteiger partial charge < -0.3 is 4.42 Å². The van der Waals surface area contributed by atoms with Crippen molar-refractivity contribution in [3.63, 3.8) is 0 Å². The number of nitrogens with one attached hydrogen (secondary N) is 1. The molecule has 0 spiro atoms. The highest BCUT2D eigenvalue weighted by Gasteiger charge is 2.11. The average molecular weight is 385 g/mol. The molecule has 0 radical (unpaired) electrons. The maximum Gasteiger partial charge on any atom is 0.419 e. The first-order valence-corrected chi connectivity index (χ1v) is 9.28. The monoisotopic (exact) mass is 385 g/mol. The van der Waals surface area contributed by atoms with E-state index in [1.165, 1.54) is 4.57 Å². The van der Waals surface area contributed by atoms with Crippen molar-refractivity contribution in [2.75, 3.05) is 0 Å². The average Bonchev–Trinajstić information content (AvgIpc) is 3.09. The Morgan fingerprint density at radius 1 is 0.862 bits per heavy atom. The van der Waals surface area contributed by atoms with Gasteiger partial charge in [-0.05, 0) is 12.1 Å². The van der Waals surface area contributed by atoms with Crippen LogP contribution in [0.2, 0.25) is 0 Å². The maximum atomic E-state index is 12.4. The molecule has 0 aliphatic rings. The Bertz CT molecular complexity index is 1170. The normalized spacial score (nSPS) is 10.6. The number of nitrogens with zero attached hydrogens (tertiary/aromatic N) is 2. The van der Waals surface area contributed by atoms with E-state index in [1.807, 2.05) is 66.7 Å². The molecule has 1 aromatic heterocycles. The minimum absolute atomic E-state index is 0.101. The highest BCUT2D eigenvalue weighted by Crippen LogP contribution is 2.12. The zero-order chi connectivity index (χ0) is 20.1. The van der Waals surface area contributed by atoms with Gasteiger partial charge in [-0.25, -0.2) is 10.2 Å². The van der Waals surface area contributed by atoms with Crippen LogP contribution in [0.3, 0.4) is 0 Å². The lowest BCUT2D eigenvalue weighted by Crippen LogP contribution is -2.24. The second kappa shape index (κ2) is 8.39. The van der Waals surface area contributed by atoms with Crippen molar-refractivity contribution in [3.05, 3.63) is 107 Å². The molecule has 4 aromatic rings. The van der Waals surface area contributed by atoms with E-state index >= 15 is 0 Å². The van der Waals surface area contributed by atoms with Crippen LogP contribution in [0, 0.1) is 0 Å². The smallest absolute Gasteiger partial charge is 0.408 e. The predicted molar refractivity (Wildman–Crippen MR) is 112 cm³/mol. The summed E-state index contributed by atoms with van der Waals surface area (Å²) in [5.74, 6) is -0.761. The van der Waals surface area contributed by atoms with Gasteiger partial charge >= 0.3 is 5.76 Å². The Hall–Kier alpha value is -3.93. The zero-order valence-electron chi connectivity index (χ0n) is 15.6. The number of hydrogen-bond acceptors (Lipinski definition) is 4. The molecule has 0 saturated carbocycles. The van der Waals surface area contributed by atoms with Crippen LogP contribution in [0.5, 0.6) is 0 Å². The lowest BCUT2D eigenvalue weighted by atomic mass is 10.0. The quantitative estimate of drug-likeness (QED) is 0.407. The van der Waals surface area contributed by atoms with E-state index in [0.29, 0.717) is 16.8 Å². The fraction of sp³-hybridized carbons (Fsp3) is 0.0870. The van der Waals surface area contributed by atoms with E-state index in [2.05, 4.69) is 10.5 Å². The molecular formula is C23H19N3O3. The largest absolute Gasteiger partial charge is 0.419 e. The summed E-state index contributed by atoms with van der Waals surface area (Å²) in [6, 6.07) is 26.4. The molecule has 6 heteroatoms. The van der Waals surface area contributed by atoms with Crippen molar-refractivity contribution in [2.24, 2.45) is 5.10 Å². The summed E-state index contributed by atoms with van der Waals surface area (Å²) in [7, 11) is 0. The topological polar surface area (TPSA) is 76.6 Å². The van der Waals surface area contributed by atoms with E-state index < -0.39 is 5.76 Å². The summed E-state index contributed by atoms with van der Waals surface area (Å²) < 4.78 is 6.65. The zero-order valence-corrected chi connectivity index (χ0v) is 15.6. The minimum Gasteiger partial charge on any atom is -0.408 e. The summed E-state index contributed by atoms with van der Waals surface area (Å²) in [5.41, 5.74) is 6.26. The number of benzene rings is 3. The van der Waals surface area contributed by atoms with Crippen LogP contribution in [-0.4, -0.2) is 16.2 Å². The third kappa shape index (κ3) is 4.16. The predicted octanol–water partition coefficient (Wildman–Crippen LogP) is 3.55. The number of rotatable bonds is 6. The fourth-order valence-corrected chi connectivity index (χ4v) is 3.10. The molecule has 6 nitrogen and oxygen atoms in total. The van der Waals surface area contributed by atoms with Gasteiger partial charge in [-0.3, -0.25) is 9.36 Å². The molecular weight excluding hydrogens is 366 g/mol. The Balaban J connectivity index is 1.51. The third-order valence-corrected chi connectivity index (χ3v) is 4.52. The number of amides is 1. The number of aromatic nitrogens is 1. The molecule has 1 N–H and O–H groups in total. The van der Waals surface area contributed by atoms with Crippen LogP contribution in [0.15, 0.2) is 99.2 Å². The number of carbonyl (C=O) groups is 1. The minimum atomic E-state index is -0.475. The van der Waals surface area contributed by atoms with Gasteiger partial charge in [0.25, 0.3) is 0 Å². The van der Waals surface area contributed by atoms with Crippen molar-refractivity contribution in [3.8, 4) is 0 Å². The lowest BCUT2D eigenvalue weighted by Gasteiger charge is -2.08. The van der Waals surface area contributed by atoms with Crippen LogP contribution in [0.25, 0.3) is 11.1 Å². The highest BCUT2D eigenvalue weighted by molar-refractivity contribution is 6.13. The summed E-state index contributed by atoms with van der Waals surface area (Å²) in [6.45, 7) is 0.212. The molecule has 0 aliphatic heterocycles. The van der Waals surface area contributed by atoms with Crippen LogP contribution in [0.4, 0.5) is 0 Å². The molecule has 0 aliphatic carbocycles. The third-order valence-electron chi connectivity index (χ3n) is 4.52. The van der Waals surface area contributed by atoms with Crippen molar-refractivity contribution in [2.45, 2.75) is 13.0 Å².